The van der Waals surface area contributed by atoms with Gasteiger partial charge in [0.1, 0.15) is 5.71 Å². The number of hydrogen-bond donors (Lipinski definition) is 2. The number of para-hydroxylation sites is 1. The van der Waals surface area contributed by atoms with E-state index in [0.717, 1.165) is 6.07 Å². The van der Waals surface area contributed by atoms with E-state index in [9.17, 15) is 27.5 Å². The molecular formula is C21H20F4N2O4. The first kappa shape index (κ1) is 22.4. The fourth-order valence-electron chi connectivity index (χ4n) is 2.96. The second-order valence-electron chi connectivity index (χ2n) is 6.76. The Labute approximate surface area is 175 Å². The molecule has 0 aliphatic carbocycles. The molecule has 3 rings (SSSR count). The highest BCUT2D eigenvalue weighted by molar-refractivity contribution is 5.95. The number of ether oxygens (including phenoxy) is 2. The van der Waals surface area contributed by atoms with E-state index in [4.69, 9.17) is 9.47 Å². The third kappa shape index (κ3) is 4.89. The summed E-state index contributed by atoms with van der Waals surface area (Å²) in [5, 5.41) is 12.1. The van der Waals surface area contributed by atoms with Crippen molar-refractivity contribution in [3.8, 4) is 11.5 Å². The molecule has 0 aromatic heterocycles. The van der Waals surface area contributed by atoms with E-state index in [1.807, 2.05) is 0 Å². The van der Waals surface area contributed by atoms with Crippen molar-refractivity contribution in [1.29, 1.82) is 0 Å². The van der Waals surface area contributed by atoms with Gasteiger partial charge in [-0.1, -0.05) is 26.0 Å². The normalized spacial score (nSPS) is 18.2. The molecule has 31 heavy (non-hydrogen) atoms. The Hall–Kier alpha value is -3.30. The van der Waals surface area contributed by atoms with Crippen molar-refractivity contribution in [3.05, 3.63) is 47.5 Å². The van der Waals surface area contributed by atoms with E-state index in [0.29, 0.717) is 5.56 Å². The van der Waals surface area contributed by atoms with Gasteiger partial charge in [-0.25, -0.2) is 9.79 Å². The Bertz CT molecular complexity index is 1020. The zero-order valence-electron chi connectivity index (χ0n) is 16.7. The lowest BCUT2D eigenvalue weighted by Crippen LogP contribution is -2.31. The number of halogens is 4. The second kappa shape index (κ2) is 8.44. The quantitative estimate of drug-likeness (QED) is 0.417. The number of carboxylic acids is 1. The molecule has 2 N–H and O–H groups in total. The number of rotatable bonds is 7. The third-order valence-electron chi connectivity index (χ3n) is 4.63. The minimum Gasteiger partial charge on any atom is -0.478 e. The monoisotopic (exact) mass is 440 g/mol. The number of fused-ring (bicyclic) bond motifs is 1. The van der Waals surface area contributed by atoms with Crippen molar-refractivity contribution < 1.29 is 36.9 Å². The highest BCUT2D eigenvalue weighted by Crippen LogP contribution is 2.44. The molecule has 0 saturated heterocycles. The van der Waals surface area contributed by atoms with E-state index < -0.39 is 23.9 Å². The van der Waals surface area contributed by atoms with Crippen molar-refractivity contribution in [2.24, 2.45) is 4.99 Å². The van der Waals surface area contributed by atoms with Gasteiger partial charge in [0.25, 0.3) is 0 Å². The smallest absolute Gasteiger partial charge is 0.429 e. The van der Waals surface area contributed by atoms with Crippen LogP contribution in [0.3, 0.4) is 0 Å². The average molecular weight is 440 g/mol. The van der Waals surface area contributed by atoms with E-state index >= 15 is 0 Å². The van der Waals surface area contributed by atoms with Gasteiger partial charge in [-0.15, -0.1) is 0 Å². The number of anilines is 1. The number of benzene rings is 2. The molecule has 2 aromatic carbocycles. The van der Waals surface area contributed by atoms with Crippen molar-refractivity contribution in [2.45, 2.75) is 45.5 Å². The predicted molar refractivity (Wildman–Crippen MR) is 106 cm³/mol. The summed E-state index contributed by atoms with van der Waals surface area (Å²) in [6.45, 7) is 2.92. The van der Waals surface area contributed by atoms with Crippen LogP contribution in [0.25, 0.3) is 0 Å². The van der Waals surface area contributed by atoms with Crippen LogP contribution in [-0.4, -0.2) is 29.0 Å². The molecule has 0 fully saturated rings. The number of nitrogens with zero attached hydrogens (tertiary/aromatic N) is 1. The lowest BCUT2D eigenvalue weighted by molar-refractivity contribution is -0.191. The zero-order chi connectivity index (χ0) is 22.8. The van der Waals surface area contributed by atoms with E-state index in [2.05, 4.69) is 10.3 Å². The van der Waals surface area contributed by atoms with E-state index in [1.54, 1.807) is 25.1 Å². The molecule has 2 aromatic rings. The molecule has 6 nitrogen and oxygen atoms in total. The van der Waals surface area contributed by atoms with Gasteiger partial charge in [0.05, 0.1) is 23.4 Å². The highest BCUT2D eigenvalue weighted by atomic mass is 19.4. The van der Waals surface area contributed by atoms with Crippen LogP contribution in [0.15, 0.2) is 41.4 Å². The van der Waals surface area contributed by atoms with Gasteiger partial charge in [0, 0.05) is 12.1 Å². The van der Waals surface area contributed by atoms with Gasteiger partial charge in [0.15, 0.2) is 11.5 Å². The third-order valence-corrected chi connectivity index (χ3v) is 4.63. The molecule has 1 aliphatic rings. The predicted octanol–water partition coefficient (Wildman–Crippen LogP) is 5.85. The Balaban J connectivity index is 1.92. The maximum absolute atomic E-state index is 14.4. The Morgan fingerprint density at radius 2 is 1.94 bits per heavy atom. The number of aromatic carboxylic acids is 1. The summed E-state index contributed by atoms with van der Waals surface area (Å²) in [6, 6.07) is 6.19. The molecule has 1 aliphatic heterocycles. The summed E-state index contributed by atoms with van der Waals surface area (Å²) in [4.78, 5) is 14.9. The molecule has 10 heteroatoms. The first-order valence-electron chi connectivity index (χ1n) is 9.51. The number of carbonyl (C=O) groups is 1. The maximum atomic E-state index is 14.4. The maximum Gasteiger partial charge on any atom is 0.429 e. The number of carboxylic acid groups (broad SMARTS) is 1. The van der Waals surface area contributed by atoms with E-state index in [-0.39, 0.29) is 47.8 Å². The molecule has 1 heterocycles. The topological polar surface area (TPSA) is 80.2 Å². The van der Waals surface area contributed by atoms with Gasteiger partial charge in [0.2, 0.25) is 0 Å². The van der Waals surface area contributed by atoms with Crippen LogP contribution in [0.4, 0.5) is 28.9 Å². The first-order chi connectivity index (χ1) is 14.6. The van der Waals surface area contributed by atoms with Gasteiger partial charge >= 0.3 is 18.2 Å². The Kier molecular flexibility index (Phi) is 6.10. The van der Waals surface area contributed by atoms with Crippen LogP contribution in [0.5, 0.6) is 11.5 Å². The Morgan fingerprint density at radius 1 is 1.19 bits per heavy atom. The van der Waals surface area contributed by atoms with Crippen molar-refractivity contribution >= 4 is 23.1 Å². The summed E-state index contributed by atoms with van der Waals surface area (Å²) in [7, 11) is 0. The van der Waals surface area contributed by atoms with Gasteiger partial charge in [-0.2, -0.15) is 17.6 Å². The van der Waals surface area contributed by atoms with Crippen LogP contribution < -0.4 is 14.8 Å². The van der Waals surface area contributed by atoms with Crippen LogP contribution in [0.2, 0.25) is 0 Å². The number of alkyl halides is 4. The van der Waals surface area contributed by atoms with Gasteiger partial charge < -0.3 is 19.9 Å². The fraction of sp³-hybridized carbons (Fsp3) is 0.333. The lowest BCUT2D eigenvalue weighted by atomic mass is 10.1. The standard InChI is InChI=1S/C21H20F4N2O4/c1-3-17(21(23,24)25)27-15-10-12(19(28)29)8-9-14(15)26-11-13-6-5-7-16-18(13)31-20(22,4-2)30-16/h5-10,26H,3-4,11H2,1-2H3,(H,28,29). The average Bonchev–Trinajstić information content (AvgIpc) is 3.07. The van der Waals surface area contributed by atoms with Crippen molar-refractivity contribution in [3.63, 3.8) is 0 Å². The molecular weight excluding hydrogens is 420 g/mol. The zero-order valence-corrected chi connectivity index (χ0v) is 16.7. The van der Waals surface area contributed by atoms with Gasteiger partial charge in [-0.05, 0) is 30.7 Å². The molecule has 166 valence electrons. The summed E-state index contributed by atoms with van der Waals surface area (Å²) < 4.78 is 64.4. The highest BCUT2D eigenvalue weighted by Gasteiger charge is 2.41. The number of hydrogen-bond acceptors (Lipinski definition) is 5. The minimum atomic E-state index is -4.65. The molecule has 1 atom stereocenters. The minimum absolute atomic E-state index is 0.0404. The Morgan fingerprint density at radius 3 is 2.55 bits per heavy atom. The fourth-order valence-corrected chi connectivity index (χ4v) is 2.96. The van der Waals surface area contributed by atoms with Crippen LogP contribution in [0, 0.1) is 0 Å². The second-order valence-corrected chi connectivity index (χ2v) is 6.76. The van der Waals surface area contributed by atoms with Crippen LogP contribution in [-0.2, 0) is 6.54 Å². The molecule has 0 saturated carbocycles. The SMILES string of the molecule is CCC(=Nc1cc(C(=O)O)ccc1NCc1cccc2c1OC(F)(CC)O2)C(F)(F)F. The number of aliphatic imine (C=N–C) groups is 1. The van der Waals surface area contributed by atoms with Crippen molar-refractivity contribution in [1.82, 2.24) is 0 Å². The summed E-state index contributed by atoms with van der Waals surface area (Å²) in [6.07, 6.45) is -5.07. The molecule has 0 bridgehead atoms. The molecule has 0 spiro atoms. The molecule has 0 amide bonds. The summed E-state index contributed by atoms with van der Waals surface area (Å²) in [5.41, 5.74) is -0.731. The number of nitrogens with one attached hydrogen (secondary N) is 1. The lowest BCUT2D eigenvalue weighted by Gasteiger charge is -2.16. The summed E-state index contributed by atoms with van der Waals surface area (Å²) in [5.74, 6) is -0.886. The van der Waals surface area contributed by atoms with Crippen molar-refractivity contribution in [2.75, 3.05) is 5.32 Å². The molecule has 1 unspecified atom stereocenters. The van der Waals surface area contributed by atoms with E-state index in [1.165, 1.54) is 19.1 Å². The van der Waals surface area contributed by atoms with Crippen LogP contribution in [0.1, 0.15) is 42.6 Å². The summed E-state index contributed by atoms with van der Waals surface area (Å²) >= 11 is 0. The molecule has 0 radical (unpaired) electrons. The largest absolute Gasteiger partial charge is 0.478 e. The first-order valence-corrected chi connectivity index (χ1v) is 9.51. The van der Waals surface area contributed by atoms with Gasteiger partial charge in [-0.3, -0.25) is 0 Å². The van der Waals surface area contributed by atoms with Crippen LogP contribution >= 0.6 is 0 Å².